The van der Waals surface area contributed by atoms with E-state index < -0.39 is 0 Å². The summed E-state index contributed by atoms with van der Waals surface area (Å²) in [7, 11) is 0. The van der Waals surface area contributed by atoms with Gasteiger partial charge in [0.15, 0.2) is 0 Å². The summed E-state index contributed by atoms with van der Waals surface area (Å²) in [5, 5.41) is 3.46. The zero-order valence-electron chi connectivity index (χ0n) is 15.7. The van der Waals surface area contributed by atoms with E-state index in [4.69, 9.17) is 11.6 Å². The summed E-state index contributed by atoms with van der Waals surface area (Å²) in [5.74, 6) is 0.0787. The van der Waals surface area contributed by atoms with E-state index in [-0.39, 0.29) is 23.1 Å². The summed E-state index contributed by atoms with van der Waals surface area (Å²) in [4.78, 5) is 28.3. The van der Waals surface area contributed by atoms with E-state index in [9.17, 15) is 9.59 Å². The van der Waals surface area contributed by atoms with Gasteiger partial charge in [-0.3, -0.25) is 9.59 Å². The van der Waals surface area contributed by atoms with Crippen molar-refractivity contribution >= 4 is 34.8 Å². The second-order valence-electron chi connectivity index (χ2n) is 7.84. The van der Waals surface area contributed by atoms with Gasteiger partial charge in [0.2, 0.25) is 11.8 Å². The monoisotopic (exact) mass is 365 g/mol. The van der Waals surface area contributed by atoms with Crippen molar-refractivity contribution in [3.05, 3.63) is 23.2 Å². The Labute approximate surface area is 155 Å². The number of nitrogens with zero attached hydrogens (tertiary/aromatic N) is 2. The SMILES string of the molecule is CC(C)C(=O)Nc1ccc(N2CCN(C(=O)C(C)(C)C)CC2)c(Cl)c1. The van der Waals surface area contributed by atoms with Gasteiger partial charge in [-0.1, -0.05) is 46.2 Å². The first-order chi connectivity index (χ1) is 11.6. The molecule has 1 aromatic rings. The maximum Gasteiger partial charge on any atom is 0.228 e. The number of piperazine rings is 1. The molecule has 0 saturated carbocycles. The van der Waals surface area contributed by atoms with Crippen LogP contribution < -0.4 is 10.2 Å². The zero-order chi connectivity index (χ0) is 18.8. The molecule has 5 nitrogen and oxygen atoms in total. The lowest BCUT2D eigenvalue weighted by atomic mass is 9.94. The van der Waals surface area contributed by atoms with Crippen molar-refractivity contribution in [3.8, 4) is 0 Å². The highest BCUT2D eigenvalue weighted by Crippen LogP contribution is 2.30. The first-order valence-corrected chi connectivity index (χ1v) is 9.12. The third-order valence-electron chi connectivity index (χ3n) is 4.29. The van der Waals surface area contributed by atoms with Crippen LogP contribution >= 0.6 is 11.6 Å². The number of carbonyl (C=O) groups is 2. The van der Waals surface area contributed by atoms with E-state index >= 15 is 0 Å². The van der Waals surface area contributed by atoms with E-state index in [0.717, 1.165) is 18.8 Å². The van der Waals surface area contributed by atoms with Gasteiger partial charge in [-0.2, -0.15) is 0 Å². The molecule has 1 aliphatic heterocycles. The summed E-state index contributed by atoms with van der Waals surface area (Å²) in [6, 6.07) is 5.58. The normalized spacial score (nSPS) is 15.5. The third-order valence-corrected chi connectivity index (χ3v) is 4.59. The summed E-state index contributed by atoms with van der Waals surface area (Å²) in [6.07, 6.45) is 0. The minimum atomic E-state index is -0.351. The maximum atomic E-state index is 12.4. The number of hydrogen-bond donors (Lipinski definition) is 1. The molecule has 0 atom stereocenters. The van der Waals surface area contributed by atoms with Crippen LogP contribution in [0.25, 0.3) is 0 Å². The minimum absolute atomic E-state index is 0.0295. The second-order valence-corrected chi connectivity index (χ2v) is 8.25. The molecule has 25 heavy (non-hydrogen) atoms. The van der Waals surface area contributed by atoms with Crippen molar-refractivity contribution in [3.63, 3.8) is 0 Å². The Morgan fingerprint density at radius 3 is 2.20 bits per heavy atom. The van der Waals surface area contributed by atoms with Crippen LogP contribution in [0.4, 0.5) is 11.4 Å². The van der Waals surface area contributed by atoms with Crippen LogP contribution in [-0.4, -0.2) is 42.9 Å². The Kier molecular flexibility index (Phi) is 5.99. The second kappa shape index (κ2) is 7.65. The van der Waals surface area contributed by atoms with Crippen LogP contribution in [0.3, 0.4) is 0 Å². The van der Waals surface area contributed by atoms with Crippen molar-refractivity contribution in [1.82, 2.24) is 4.90 Å². The lowest BCUT2D eigenvalue weighted by molar-refractivity contribution is -0.139. The molecule has 0 aromatic heterocycles. The van der Waals surface area contributed by atoms with Gasteiger partial charge in [-0.05, 0) is 18.2 Å². The Morgan fingerprint density at radius 2 is 1.72 bits per heavy atom. The van der Waals surface area contributed by atoms with Crippen molar-refractivity contribution in [1.29, 1.82) is 0 Å². The van der Waals surface area contributed by atoms with Crippen molar-refractivity contribution < 1.29 is 9.59 Å². The highest BCUT2D eigenvalue weighted by Gasteiger charge is 2.30. The molecule has 0 unspecified atom stereocenters. The number of carbonyl (C=O) groups excluding carboxylic acids is 2. The largest absolute Gasteiger partial charge is 0.367 e. The highest BCUT2D eigenvalue weighted by molar-refractivity contribution is 6.33. The average Bonchev–Trinajstić information content (AvgIpc) is 2.53. The van der Waals surface area contributed by atoms with Crippen LogP contribution in [0.1, 0.15) is 34.6 Å². The summed E-state index contributed by atoms with van der Waals surface area (Å²) < 4.78 is 0. The third kappa shape index (κ3) is 4.88. The van der Waals surface area contributed by atoms with Gasteiger partial charge in [-0.15, -0.1) is 0 Å². The Bertz CT molecular complexity index is 645. The number of hydrogen-bond acceptors (Lipinski definition) is 3. The van der Waals surface area contributed by atoms with E-state index in [0.29, 0.717) is 23.8 Å². The molecular weight excluding hydrogens is 338 g/mol. The van der Waals surface area contributed by atoms with Gasteiger partial charge in [0.05, 0.1) is 10.7 Å². The lowest BCUT2D eigenvalue weighted by Crippen LogP contribution is -2.51. The molecule has 1 aliphatic rings. The molecule has 6 heteroatoms. The molecular formula is C19H28ClN3O2. The number of nitrogens with one attached hydrogen (secondary N) is 1. The first-order valence-electron chi connectivity index (χ1n) is 8.74. The maximum absolute atomic E-state index is 12.4. The minimum Gasteiger partial charge on any atom is -0.367 e. The Balaban J connectivity index is 2.02. The van der Waals surface area contributed by atoms with Crippen LogP contribution in [-0.2, 0) is 9.59 Å². The zero-order valence-corrected chi connectivity index (χ0v) is 16.5. The molecule has 1 heterocycles. The fraction of sp³-hybridized carbons (Fsp3) is 0.579. The quantitative estimate of drug-likeness (QED) is 0.889. The smallest absolute Gasteiger partial charge is 0.228 e. The Morgan fingerprint density at radius 1 is 1.12 bits per heavy atom. The van der Waals surface area contributed by atoms with Crippen LogP contribution in [0.5, 0.6) is 0 Å². The van der Waals surface area contributed by atoms with Gasteiger partial charge >= 0.3 is 0 Å². The number of benzene rings is 1. The summed E-state index contributed by atoms with van der Waals surface area (Å²) in [5.41, 5.74) is 1.29. The van der Waals surface area contributed by atoms with E-state index in [1.54, 1.807) is 6.07 Å². The first kappa shape index (κ1) is 19.6. The molecule has 2 rings (SSSR count). The molecule has 0 radical (unpaired) electrons. The molecule has 1 saturated heterocycles. The summed E-state index contributed by atoms with van der Waals surface area (Å²) >= 11 is 6.42. The Hall–Kier alpha value is -1.75. The molecule has 0 aliphatic carbocycles. The molecule has 1 fully saturated rings. The van der Waals surface area contributed by atoms with Crippen molar-refractivity contribution in [2.75, 3.05) is 36.4 Å². The average molecular weight is 366 g/mol. The topological polar surface area (TPSA) is 52.7 Å². The fourth-order valence-electron chi connectivity index (χ4n) is 2.75. The van der Waals surface area contributed by atoms with E-state index in [1.165, 1.54) is 0 Å². The molecule has 0 bridgehead atoms. The molecule has 1 N–H and O–H groups in total. The van der Waals surface area contributed by atoms with Gasteiger partial charge < -0.3 is 15.1 Å². The van der Waals surface area contributed by atoms with Crippen LogP contribution in [0.15, 0.2) is 18.2 Å². The van der Waals surface area contributed by atoms with Crippen molar-refractivity contribution in [2.24, 2.45) is 11.3 Å². The lowest BCUT2D eigenvalue weighted by Gasteiger charge is -2.39. The van der Waals surface area contributed by atoms with Gasteiger partial charge in [-0.25, -0.2) is 0 Å². The molecule has 0 spiro atoms. The number of halogens is 1. The molecule has 138 valence electrons. The standard InChI is InChI=1S/C19H28ClN3O2/c1-13(2)17(24)21-14-6-7-16(15(20)12-14)22-8-10-23(11-9-22)18(25)19(3,4)5/h6-7,12-13H,8-11H2,1-5H3,(H,21,24). The van der Waals surface area contributed by atoms with Crippen LogP contribution in [0, 0.1) is 11.3 Å². The predicted octanol–water partition coefficient (Wildman–Crippen LogP) is 3.63. The number of anilines is 2. The molecule has 1 aromatic carbocycles. The van der Waals surface area contributed by atoms with Gasteiger partial charge in [0.25, 0.3) is 0 Å². The predicted molar refractivity (Wildman–Crippen MR) is 103 cm³/mol. The van der Waals surface area contributed by atoms with Crippen molar-refractivity contribution in [2.45, 2.75) is 34.6 Å². The fourth-order valence-corrected chi connectivity index (χ4v) is 3.05. The summed E-state index contributed by atoms with van der Waals surface area (Å²) in [6.45, 7) is 12.4. The number of amides is 2. The number of rotatable bonds is 3. The van der Waals surface area contributed by atoms with Gasteiger partial charge in [0, 0.05) is 43.2 Å². The van der Waals surface area contributed by atoms with E-state index in [2.05, 4.69) is 10.2 Å². The van der Waals surface area contributed by atoms with Crippen LogP contribution in [0.2, 0.25) is 5.02 Å². The van der Waals surface area contributed by atoms with Gasteiger partial charge in [0.1, 0.15) is 0 Å². The highest BCUT2D eigenvalue weighted by atomic mass is 35.5. The molecule has 2 amide bonds. The van der Waals surface area contributed by atoms with E-state index in [1.807, 2.05) is 51.7 Å².